The molecule has 1 saturated heterocycles. The lowest BCUT2D eigenvalue weighted by Gasteiger charge is -2.33. The van der Waals surface area contributed by atoms with E-state index in [1.165, 1.54) is 12.8 Å². The standard InChI is InChI=1S/C19H21ClN8O/c20-11-3-4-13-12(7-11)17(24-16-8-14(26-27-16)10-1-2-10)25-18(23-13)19(29)28-6-5-22-9-15(28)21/h3-4,7-8,10,15,22H,1-2,5-6,9,21H2,(H2,23,24,25,26,27)/t15-/m1/s1. The maximum Gasteiger partial charge on any atom is 0.293 e. The predicted octanol–water partition coefficient (Wildman–Crippen LogP) is 1.96. The van der Waals surface area contributed by atoms with Crippen LogP contribution in [0.3, 0.4) is 0 Å². The number of fused-ring (bicyclic) bond motifs is 1. The second kappa shape index (κ2) is 7.25. The van der Waals surface area contributed by atoms with Crippen molar-refractivity contribution in [2.24, 2.45) is 5.73 Å². The van der Waals surface area contributed by atoms with Gasteiger partial charge in [0, 0.05) is 47.7 Å². The normalized spacial score (nSPS) is 19.5. The molecule has 2 fully saturated rings. The van der Waals surface area contributed by atoms with E-state index in [9.17, 15) is 4.79 Å². The summed E-state index contributed by atoms with van der Waals surface area (Å²) in [5, 5.41) is 15.1. The zero-order valence-corrected chi connectivity index (χ0v) is 16.4. The SMILES string of the molecule is N[C@H]1CNCCN1C(=O)c1nc(Nc2cc(C3CC3)[nH]n2)c2cc(Cl)ccc2n1. The molecule has 1 amide bonds. The van der Waals surface area contributed by atoms with Gasteiger partial charge in [0.2, 0.25) is 5.82 Å². The molecule has 2 aliphatic rings. The van der Waals surface area contributed by atoms with Crippen LogP contribution in [0.25, 0.3) is 10.9 Å². The minimum atomic E-state index is -0.412. The monoisotopic (exact) mass is 412 g/mol. The van der Waals surface area contributed by atoms with Crippen LogP contribution in [0, 0.1) is 0 Å². The number of carbonyl (C=O) groups is 1. The molecule has 1 saturated carbocycles. The second-order valence-electron chi connectivity index (χ2n) is 7.44. The molecule has 0 unspecified atom stereocenters. The lowest BCUT2D eigenvalue weighted by molar-refractivity contribution is 0.0631. The summed E-state index contributed by atoms with van der Waals surface area (Å²) in [4.78, 5) is 23.6. The molecule has 5 rings (SSSR count). The van der Waals surface area contributed by atoms with Gasteiger partial charge in [-0.05, 0) is 31.0 Å². The summed E-state index contributed by atoms with van der Waals surface area (Å²) in [5.41, 5.74) is 7.81. The van der Waals surface area contributed by atoms with Crippen molar-refractivity contribution >= 4 is 40.0 Å². The van der Waals surface area contributed by atoms with Gasteiger partial charge in [-0.15, -0.1) is 0 Å². The first-order chi connectivity index (χ1) is 14.1. The number of halogens is 1. The number of piperazine rings is 1. The molecule has 2 aromatic heterocycles. The quantitative estimate of drug-likeness (QED) is 0.516. The zero-order valence-electron chi connectivity index (χ0n) is 15.7. The van der Waals surface area contributed by atoms with Gasteiger partial charge in [-0.25, -0.2) is 9.97 Å². The van der Waals surface area contributed by atoms with Gasteiger partial charge in [0.05, 0.1) is 11.7 Å². The number of benzene rings is 1. The Hall–Kier alpha value is -2.75. The first-order valence-corrected chi connectivity index (χ1v) is 10.0. The van der Waals surface area contributed by atoms with E-state index in [0.29, 0.717) is 47.7 Å². The van der Waals surface area contributed by atoms with Crippen molar-refractivity contribution in [3.05, 3.63) is 40.8 Å². The summed E-state index contributed by atoms with van der Waals surface area (Å²) < 4.78 is 0. The Kier molecular flexibility index (Phi) is 4.57. The third-order valence-corrected chi connectivity index (χ3v) is 5.49. The third kappa shape index (κ3) is 3.64. The van der Waals surface area contributed by atoms with Crippen molar-refractivity contribution in [2.75, 3.05) is 25.0 Å². The van der Waals surface area contributed by atoms with Crippen molar-refractivity contribution in [1.29, 1.82) is 0 Å². The number of amides is 1. The molecular weight excluding hydrogens is 392 g/mol. The number of anilines is 2. The lowest BCUT2D eigenvalue weighted by Crippen LogP contribution is -2.58. The van der Waals surface area contributed by atoms with Crippen LogP contribution in [-0.4, -0.2) is 56.8 Å². The van der Waals surface area contributed by atoms with E-state index in [-0.39, 0.29) is 11.7 Å². The summed E-state index contributed by atoms with van der Waals surface area (Å²) in [6, 6.07) is 7.27. The number of aromatic amines is 1. The molecule has 29 heavy (non-hydrogen) atoms. The molecule has 0 radical (unpaired) electrons. The second-order valence-corrected chi connectivity index (χ2v) is 7.87. The van der Waals surface area contributed by atoms with Gasteiger partial charge in [-0.3, -0.25) is 9.89 Å². The Bertz CT molecular complexity index is 1080. The fourth-order valence-corrected chi connectivity index (χ4v) is 3.70. The molecule has 10 heteroatoms. The Morgan fingerprint density at radius 3 is 2.93 bits per heavy atom. The average molecular weight is 413 g/mol. The molecule has 9 nitrogen and oxygen atoms in total. The Balaban J connectivity index is 1.53. The number of hydrogen-bond acceptors (Lipinski definition) is 7. The number of nitrogens with two attached hydrogens (primary N) is 1. The predicted molar refractivity (Wildman–Crippen MR) is 110 cm³/mol. The highest BCUT2D eigenvalue weighted by Gasteiger charge is 2.28. The summed E-state index contributed by atoms with van der Waals surface area (Å²) in [5.74, 6) is 1.49. The van der Waals surface area contributed by atoms with Gasteiger partial charge in [0.15, 0.2) is 5.82 Å². The number of rotatable bonds is 4. The highest BCUT2D eigenvalue weighted by atomic mass is 35.5. The molecule has 1 atom stereocenters. The molecule has 1 aliphatic carbocycles. The largest absolute Gasteiger partial charge is 0.323 e. The fourth-order valence-electron chi connectivity index (χ4n) is 3.52. The topological polar surface area (TPSA) is 125 Å². The third-order valence-electron chi connectivity index (χ3n) is 5.25. The van der Waals surface area contributed by atoms with E-state index in [2.05, 4.69) is 30.8 Å². The molecule has 3 aromatic rings. The van der Waals surface area contributed by atoms with Gasteiger partial charge in [-0.2, -0.15) is 5.10 Å². The Morgan fingerprint density at radius 2 is 2.14 bits per heavy atom. The van der Waals surface area contributed by atoms with Gasteiger partial charge in [-0.1, -0.05) is 11.6 Å². The first kappa shape index (κ1) is 18.3. The average Bonchev–Trinajstić information content (AvgIpc) is 3.47. The molecular formula is C19H21ClN8O. The first-order valence-electron chi connectivity index (χ1n) is 9.65. The van der Waals surface area contributed by atoms with Crippen LogP contribution < -0.4 is 16.4 Å². The van der Waals surface area contributed by atoms with Gasteiger partial charge >= 0.3 is 0 Å². The number of aromatic nitrogens is 4. The van der Waals surface area contributed by atoms with E-state index in [4.69, 9.17) is 17.3 Å². The van der Waals surface area contributed by atoms with E-state index in [1.807, 2.05) is 6.07 Å². The molecule has 0 spiro atoms. The maximum atomic E-state index is 13.0. The fraction of sp³-hybridized carbons (Fsp3) is 0.368. The summed E-state index contributed by atoms with van der Waals surface area (Å²) in [7, 11) is 0. The number of H-pyrrole nitrogens is 1. The maximum absolute atomic E-state index is 13.0. The van der Waals surface area contributed by atoms with Crippen LogP contribution in [0.15, 0.2) is 24.3 Å². The molecule has 5 N–H and O–H groups in total. The highest BCUT2D eigenvalue weighted by Crippen LogP contribution is 2.39. The zero-order chi connectivity index (χ0) is 20.0. The van der Waals surface area contributed by atoms with Crippen molar-refractivity contribution in [3.8, 4) is 0 Å². The van der Waals surface area contributed by atoms with Gasteiger partial charge < -0.3 is 21.3 Å². The van der Waals surface area contributed by atoms with Crippen LogP contribution >= 0.6 is 11.6 Å². The van der Waals surface area contributed by atoms with E-state index >= 15 is 0 Å². The van der Waals surface area contributed by atoms with Crippen molar-refractivity contribution in [3.63, 3.8) is 0 Å². The molecule has 3 heterocycles. The summed E-state index contributed by atoms with van der Waals surface area (Å²) in [6.07, 6.45) is 1.94. The van der Waals surface area contributed by atoms with Crippen LogP contribution in [0.2, 0.25) is 5.02 Å². The van der Waals surface area contributed by atoms with Crippen molar-refractivity contribution in [2.45, 2.75) is 24.9 Å². The van der Waals surface area contributed by atoms with Gasteiger partial charge in [0.25, 0.3) is 5.91 Å². The van der Waals surface area contributed by atoms with Crippen molar-refractivity contribution < 1.29 is 4.79 Å². The number of nitrogens with one attached hydrogen (secondary N) is 3. The van der Waals surface area contributed by atoms with Crippen LogP contribution in [0.5, 0.6) is 0 Å². The minimum absolute atomic E-state index is 0.0950. The molecule has 1 aromatic carbocycles. The van der Waals surface area contributed by atoms with E-state index < -0.39 is 6.17 Å². The lowest BCUT2D eigenvalue weighted by atomic mass is 10.2. The number of carbonyl (C=O) groups excluding carboxylic acids is 1. The van der Waals surface area contributed by atoms with Crippen molar-refractivity contribution in [1.82, 2.24) is 30.4 Å². The Morgan fingerprint density at radius 1 is 1.28 bits per heavy atom. The van der Waals surface area contributed by atoms with Crippen LogP contribution in [0.1, 0.15) is 35.1 Å². The highest BCUT2D eigenvalue weighted by molar-refractivity contribution is 6.31. The molecule has 150 valence electrons. The summed E-state index contributed by atoms with van der Waals surface area (Å²) >= 11 is 6.19. The molecule has 1 aliphatic heterocycles. The van der Waals surface area contributed by atoms with Gasteiger partial charge in [0.1, 0.15) is 5.82 Å². The molecule has 0 bridgehead atoms. The Labute approximate surface area is 172 Å². The smallest absolute Gasteiger partial charge is 0.293 e. The number of hydrogen-bond donors (Lipinski definition) is 4. The summed E-state index contributed by atoms with van der Waals surface area (Å²) in [6.45, 7) is 1.73. The minimum Gasteiger partial charge on any atom is -0.323 e. The van der Waals surface area contributed by atoms with Crippen LogP contribution in [-0.2, 0) is 0 Å². The number of nitrogens with zero attached hydrogens (tertiary/aromatic N) is 4. The van der Waals surface area contributed by atoms with E-state index in [0.717, 1.165) is 11.1 Å². The van der Waals surface area contributed by atoms with Crippen LogP contribution in [0.4, 0.5) is 11.6 Å². The van der Waals surface area contributed by atoms with E-state index in [1.54, 1.807) is 23.1 Å².